The molecule has 0 N–H and O–H groups in total. The Balaban J connectivity index is 0.000000116. The Labute approximate surface area is 872 Å². The molecule has 0 saturated heterocycles. The molecule has 150 heavy (non-hydrogen) atoms. The van der Waals surface area contributed by atoms with E-state index in [1.165, 1.54) is 94.6 Å². The Hall–Kier alpha value is -19.9. The highest BCUT2D eigenvalue weighted by Crippen LogP contribution is 2.49. The summed E-state index contributed by atoms with van der Waals surface area (Å²) in [6, 6.07) is 213. The van der Waals surface area contributed by atoms with E-state index in [0.29, 0.717) is 0 Å². The van der Waals surface area contributed by atoms with Crippen molar-refractivity contribution < 1.29 is 13.3 Å². The van der Waals surface area contributed by atoms with Gasteiger partial charge in [0, 0.05) is 102 Å². The van der Waals surface area contributed by atoms with Gasteiger partial charge in [-0.1, -0.05) is 455 Å². The maximum atomic E-state index is 6.40. The third-order valence-corrected chi connectivity index (χ3v) is 28.4. The van der Waals surface area contributed by atoms with Gasteiger partial charge in [0.1, 0.15) is 33.5 Å². The molecule has 0 radical (unpaired) electrons. The molecule has 27 rings (SSSR count). The minimum absolute atomic E-state index is 0.867. The number of rotatable bonds is 21. The number of benzene rings is 24. The van der Waals surface area contributed by atoms with Crippen molar-refractivity contribution in [2.45, 2.75) is 0 Å². The first-order chi connectivity index (χ1) is 74.3. The summed E-state index contributed by atoms with van der Waals surface area (Å²) in [7, 11) is 0. The smallest absolute Gasteiger partial charge is 0.137 e. The van der Waals surface area contributed by atoms with Gasteiger partial charge in [0.25, 0.3) is 0 Å². The van der Waals surface area contributed by atoms with Crippen LogP contribution in [0.1, 0.15) is 0 Å². The standard InChI is InChI=1S/3C48H33NO/c1-3-12-34(13-4-1)36-22-24-38(25-23-36)40-16-11-17-41(32-40)49(42-30-31-45-44-19-8-10-21-47(44)50-48(45)33-42)46-20-9-7-18-43(46)39-28-26-37(27-29-39)35-14-5-2-6-15-35;1-3-12-34(13-4-1)36-24-26-37(27-25-36)40-18-10-20-42(31-40)49(44-28-29-46-45-22-7-8-23-47(45)50-48(46)33-44)43-21-11-19-41(32-43)39-17-9-16-38(30-39)35-14-5-2-6-15-35;1-3-13-34(14-4-1)35-25-27-36(28-26-35)38-17-11-19-40(31-38)49(42-29-30-46-45-23-9-10-24-47(45)50-48(46)33-42)41-20-12-18-39(32-41)44-22-8-7-21-43(44)37-15-5-2-6-16-37/h3*1-33H. The second-order valence-electron chi connectivity index (χ2n) is 37.7. The Morgan fingerprint density at radius 1 is 0.100 bits per heavy atom. The number of hydrogen-bond acceptors (Lipinski definition) is 6. The molecule has 0 aliphatic rings. The number of fused-ring (bicyclic) bond motifs is 9. The first kappa shape index (κ1) is 91.3. The summed E-state index contributed by atoms with van der Waals surface area (Å²) in [6.07, 6.45) is 0. The van der Waals surface area contributed by atoms with Crippen molar-refractivity contribution in [3.8, 4) is 134 Å². The van der Waals surface area contributed by atoms with Crippen LogP contribution >= 0.6 is 0 Å². The van der Waals surface area contributed by atoms with Crippen LogP contribution in [0.3, 0.4) is 0 Å². The van der Waals surface area contributed by atoms with Gasteiger partial charge in [0.05, 0.1) is 5.69 Å². The molecule has 0 fully saturated rings. The van der Waals surface area contributed by atoms with Gasteiger partial charge in [-0.3, -0.25) is 0 Å². The maximum Gasteiger partial charge on any atom is 0.137 e. The zero-order valence-corrected chi connectivity index (χ0v) is 82.2. The lowest BCUT2D eigenvalue weighted by molar-refractivity contribution is 0.668. The summed E-state index contributed by atoms with van der Waals surface area (Å²) in [5.41, 5.74) is 43.3. The van der Waals surface area contributed by atoms with Crippen LogP contribution in [0.4, 0.5) is 51.2 Å². The summed E-state index contributed by atoms with van der Waals surface area (Å²) in [4.78, 5) is 7.02. The Bertz CT molecular complexity index is 9480. The first-order valence-electron chi connectivity index (χ1n) is 51.0. The summed E-state index contributed by atoms with van der Waals surface area (Å²) < 4.78 is 19.2. The summed E-state index contributed by atoms with van der Waals surface area (Å²) in [6.45, 7) is 0. The van der Waals surface area contributed by atoms with Crippen molar-refractivity contribution in [2.75, 3.05) is 14.7 Å². The predicted octanol–water partition coefficient (Wildman–Crippen LogP) is 41.2. The highest BCUT2D eigenvalue weighted by Gasteiger charge is 2.25. The molecule has 27 aromatic rings. The van der Waals surface area contributed by atoms with E-state index in [1.807, 2.05) is 36.4 Å². The van der Waals surface area contributed by atoms with Crippen molar-refractivity contribution >= 4 is 117 Å². The van der Waals surface area contributed by atoms with Crippen molar-refractivity contribution in [1.29, 1.82) is 0 Å². The van der Waals surface area contributed by atoms with Gasteiger partial charge < -0.3 is 28.0 Å². The molecule has 0 aliphatic carbocycles. The molecule has 0 aliphatic heterocycles. The maximum absolute atomic E-state index is 6.40. The highest BCUT2D eigenvalue weighted by atomic mass is 16.3. The van der Waals surface area contributed by atoms with E-state index in [0.717, 1.165) is 156 Å². The third kappa shape index (κ3) is 19.0. The van der Waals surface area contributed by atoms with Crippen molar-refractivity contribution in [2.24, 2.45) is 0 Å². The summed E-state index contributed by atoms with van der Waals surface area (Å²) in [5.74, 6) is 0. The van der Waals surface area contributed by atoms with Gasteiger partial charge >= 0.3 is 0 Å². The zero-order valence-electron chi connectivity index (χ0n) is 82.2. The van der Waals surface area contributed by atoms with E-state index in [9.17, 15) is 0 Å². The van der Waals surface area contributed by atoms with Crippen LogP contribution in [0.5, 0.6) is 0 Å². The van der Waals surface area contributed by atoms with Crippen LogP contribution in [-0.4, -0.2) is 0 Å². The lowest BCUT2D eigenvalue weighted by Crippen LogP contribution is -2.11. The summed E-state index contributed by atoms with van der Waals surface area (Å²) in [5, 5.41) is 6.72. The largest absolute Gasteiger partial charge is 0.456 e. The molecule has 0 saturated carbocycles. The fourth-order valence-electron chi connectivity index (χ4n) is 20.9. The fourth-order valence-corrected chi connectivity index (χ4v) is 20.9. The van der Waals surface area contributed by atoms with E-state index in [4.69, 9.17) is 13.3 Å². The van der Waals surface area contributed by atoms with Gasteiger partial charge in [0.2, 0.25) is 0 Å². The van der Waals surface area contributed by atoms with Crippen LogP contribution in [0.25, 0.3) is 199 Å². The van der Waals surface area contributed by atoms with Crippen LogP contribution in [0.15, 0.2) is 614 Å². The van der Waals surface area contributed by atoms with Crippen LogP contribution < -0.4 is 14.7 Å². The van der Waals surface area contributed by atoms with E-state index in [-0.39, 0.29) is 0 Å². The van der Waals surface area contributed by atoms with E-state index >= 15 is 0 Å². The molecule has 3 heterocycles. The van der Waals surface area contributed by atoms with Gasteiger partial charge in [-0.2, -0.15) is 0 Å². The van der Waals surface area contributed by atoms with Crippen molar-refractivity contribution in [3.05, 3.63) is 601 Å². The second kappa shape index (κ2) is 41.4. The molecule has 24 aromatic carbocycles. The van der Waals surface area contributed by atoms with Gasteiger partial charge in [0.15, 0.2) is 0 Å². The third-order valence-electron chi connectivity index (χ3n) is 28.4. The molecule has 0 bridgehead atoms. The van der Waals surface area contributed by atoms with Gasteiger partial charge in [-0.25, -0.2) is 0 Å². The van der Waals surface area contributed by atoms with Crippen LogP contribution in [0.2, 0.25) is 0 Å². The van der Waals surface area contributed by atoms with E-state index in [2.05, 4.69) is 579 Å². The number of hydrogen-bond donors (Lipinski definition) is 0. The summed E-state index contributed by atoms with van der Waals surface area (Å²) >= 11 is 0. The molecule has 0 spiro atoms. The lowest BCUT2D eigenvalue weighted by atomic mass is 9.94. The SMILES string of the molecule is c1ccc(-c2ccc(-c3cccc(N(c4ccc5c(c4)oc4ccccc45)c4ccccc4-c4ccc(-c5ccccc5)cc4)c3)cc2)cc1.c1ccc(-c2ccc(-c3cccc(N(c4cccc(-c5cccc(-c6ccccc6)c5)c4)c4ccc5c(c4)oc4ccccc45)c3)cc2)cc1.c1ccc(-c2ccc(-c3cccc(N(c4cccc(-c5ccccc5-c5ccccc5)c4)c4ccc5c(c4)oc4ccccc45)c3)cc2)cc1. The predicted molar refractivity (Wildman–Crippen MR) is 630 cm³/mol. The average molecular weight is 1920 g/mol. The minimum Gasteiger partial charge on any atom is -0.456 e. The van der Waals surface area contributed by atoms with Crippen LogP contribution in [-0.2, 0) is 0 Å². The highest BCUT2D eigenvalue weighted by molar-refractivity contribution is 6.09. The number of para-hydroxylation sites is 4. The Kier molecular flexibility index (Phi) is 25.2. The zero-order chi connectivity index (χ0) is 99.8. The molecular weight excluding hydrogens is 1820 g/mol. The average Bonchev–Trinajstić information content (AvgIpc) is 1.56. The molecule has 6 nitrogen and oxygen atoms in total. The van der Waals surface area contributed by atoms with Gasteiger partial charge in [-0.05, 0) is 255 Å². The molecule has 0 amide bonds. The number of furan rings is 3. The molecule has 0 atom stereocenters. The lowest BCUT2D eigenvalue weighted by Gasteiger charge is -2.28. The van der Waals surface area contributed by atoms with Crippen molar-refractivity contribution in [1.82, 2.24) is 0 Å². The molecule has 3 aromatic heterocycles. The van der Waals surface area contributed by atoms with Gasteiger partial charge in [-0.15, -0.1) is 0 Å². The Morgan fingerprint density at radius 3 is 0.640 bits per heavy atom. The number of anilines is 9. The Morgan fingerprint density at radius 2 is 0.293 bits per heavy atom. The minimum atomic E-state index is 0.867. The number of nitrogens with zero attached hydrogens (tertiary/aromatic N) is 3. The van der Waals surface area contributed by atoms with Crippen LogP contribution in [0, 0.1) is 0 Å². The molecular formula is C144H99N3O3. The topological polar surface area (TPSA) is 49.1 Å². The fraction of sp³-hybridized carbons (Fsp3) is 0. The van der Waals surface area contributed by atoms with E-state index in [1.54, 1.807) is 0 Å². The normalized spacial score (nSPS) is 11.2. The van der Waals surface area contributed by atoms with Crippen molar-refractivity contribution in [3.63, 3.8) is 0 Å². The first-order valence-corrected chi connectivity index (χ1v) is 51.0. The quantitative estimate of drug-likeness (QED) is 0.0715. The second-order valence-corrected chi connectivity index (χ2v) is 37.7. The van der Waals surface area contributed by atoms with E-state index < -0.39 is 0 Å². The molecule has 0 unspecified atom stereocenters. The molecule has 708 valence electrons. The monoisotopic (exact) mass is 1920 g/mol. The molecule has 6 heteroatoms.